The van der Waals surface area contributed by atoms with Crippen LogP contribution in [0.5, 0.6) is 0 Å². The van der Waals surface area contributed by atoms with Gasteiger partial charge in [-0.3, -0.25) is 4.90 Å². The number of benzene rings is 2. The Morgan fingerprint density at radius 1 is 1.03 bits per heavy atom. The largest absolute Gasteiger partial charge is 0.437 e. The Hall–Kier alpha value is -2.44. The molecule has 1 N–H and O–H groups in total. The molecule has 0 radical (unpaired) electrons. The molecule has 0 bridgehead atoms. The summed E-state index contributed by atoms with van der Waals surface area (Å²) in [7, 11) is 0. The lowest BCUT2D eigenvalue weighted by atomic mass is 9.82. The van der Waals surface area contributed by atoms with Crippen molar-refractivity contribution in [2.75, 3.05) is 19.6 Å². The van der Waals surface area contributed by atoms with Crippen LogP contribution in [0.3, 0.4) is 0 Å². The summed E-state index contributed by atoms with van der Waals surface area (Å²) in [6.07, 6.45) is 1.54. The number of halogens is 1. The molecule has 1 atom stereocenters. The third kappa shape index (κ3) is 3.87. The summed E-state index contributed by atoms with van der Waals surface area (Å²) in [5.74, 6) is -0.223. The van der Waals surface area contributed by atoms with E-state index in [-0.39, 0.29) is 5.82 Å². The number of nitrogens with zero attached hydrogens (tertiary/aromatic N) is 2. The Kier molecular flexibility index (Phi) is 5.32. The zero-order valence-electron chi connectivity index (χ0n) is 16.7. The van der Waals surface area contributed by atoms with Gasteiger partial charge >= 0.3 is 6.09 Å². The molecule has 154 valence electrons. The van der Waals surface area contributed by atoms with Crippen molar-refractivity contribution in [2.45, 2.75) is 44.1 Å². The number of piperidine rings is 1. The standard InChI is InChI=1S/C23H27FN2O3/c1-22(28)23(29-21(27)26(22)17-19-5-3-2-4-6-19)12-15-25(16-13-23)14-11-18-7-9-20(24)10-8-18/h2-10,28H,11-17H2,1H3. The van der Waals surface area contributed by atoms with Crippen LogP contribution in [0.1, 0.15) is 30.9 Å². The first-order valence-electron chi connectivity index (χ1n) is 10.1. The van der Waals surface area contributed by atoms with E-state index in [9.17, 15) is 14.3 Å². The summed E-state index contributed by atoms with van der Waals surface area (Å²) in [6.45, 7) is 4.34. The van der Waals surface area contributed by atoms with Crippen LogP contribution in [0.4, 0.5) is 9.18 Å². The minimum atomic E-state index is -1.36. The molecule has 1 unspecified atom stereocenters. The van der Waals surface area contributed by atoms with E-state index in [0.29, 0.717) is 19.4 Å². The molecule has 0 aromatic heterocycles. The van der Waals surface area contributed by atoms with E-state index < -0.39 is 17.4 Å². The molecule has 2 heterocycles. The van der Waals surface area contributed by atoms with Crippen LogP contribution in [-0.2, 0) is 17.7 Å². The van der Waals surface area contributed by atoms with Gasteiger partial charge in [0.05, 0.1) is 6.54 Å². The predicted octanol–water partition coefficient (Wildman–Crippen LogP) is 3.56. The third-order valence-electron chi connectivity index (χ3n) is 6.37. The van der Waals surface area contributed by atoms with Crippen LogP contribution in [-0.4, -0.2) is 52.0 Å². The molecular weight excluding hydrogens is 371 g/mol. The van der Waals surface area contributed by atoms with Crippen LogP contribution >= 0.6 is 0 Å². The zero-order valence-corrected chi connectivity index (χ0v) is 16.7. The summed E-state index contributed by atoms with van der Waals surface area (Å²) < 4.78 is 18.8. The van der Waals surface area contributed by atoms with E-state index in [1.807, 2.05) is 42.5 Å². The van der Waals surface area contributed by atoms with E-state index in [4.69, 9.17) is 4.74 Å². The van der Waals surface area contributed by atoms with Crippen molar-refractivity contribution >= 4 is 6.09 Å². The molecule has 1 spiro atoms. The van der Waals surface area contributed by atoms with Gasteiger partial charge in [0.25, 0.3) is 0 Å². The Morgan fingerprint density at radius 2 is 1.69 bits per heavy atom. The van der Waals surface area contributed by atoms with Crippen LogP contribution in [0, 0.1) is 5.82 Å². The minimum Gasteiger partial charge on any atom is -0.437 e. The predicted molar refractivity (Wildman–Crippen MR) is 108 cm³/mol. The maximum atomic E-state index is 13.0. The number of rotatable bonds is 5. The van der Waals surface area contributed by atoms with E-state index in [1.54, 1.807) is 6.92 Å². The van der Waals surface area contributed by atoms with Gasteiger partial charge in [0.2, 0.25) is 0 Å². The van der Waals surface area contributed by atoms with Crippen molar-refractivity contribution in [3.8, 4) is 0 Å². The number of likely N-dealkylation sites (tertiary alicyclic amines) is 1. The number of carbonyl (C=O) groups is 1. The molecule has 29 heavy (non-hydrogen) atoms. The normalized spacial score (nSPS) is 24.1. The fourth-order valence-electron chi connectivity index (χ4n) is 4.38. The smallest absolute Gasteiger partial charge is 0.413 e. The number of amides is 1. The molecule has 6 heteroatoms. The average Bonchev–Trinajstić information content (AvgIpc) is 2.90. The summed E-state index contributed by atoms with van der Waals surface area (Å²) in [5, 5.41) is 11.3. The van der Waals surface area contributed by atoms with Crippen LogP contribution in [0.2, 0.25) is 0 Å². The summed E-state index contributed by atoms with van der Waals surface area (Å²) in [5.41, 5.74) is -0.188. The Balaban J connectivity index is 1.38. The van der Waals surface area contributed by atoms with Crippen molar-refractivity contribution < 1.29 is 19.0 Å². The van der Waals surface area contributed by atoms with Gasteiger partial charge in [0, 0.05) is 32.5 Å². The van der Waals surface area contributed by atoms with Gasteiger partial charge in [-0.25, -0.2) is 9.18 Å². The van der Waals surface area contributed by atoms with E-state index in [2.05, 4.69) is 4.90 Å². The lowest BCUT2D eigenvalue weighted by molar-refractivity contribution is -0.166. The Bertz CT molecular complexity index is 846. The highest BCUT2D eigenvalue weighted by atomic mass is 19.1. The van der Waals surface area contributed by atoms with Gasteiger partial charge in [-0.15, -0.1) is 0 Å². The van der Waals surface area contributed by atoms with Gasteiger partial charge < -0.3 is 14.7 Å². The fraction of sp³-hybridized carbons (Fsp3) is 0.435. The molecule has 0 saturated carbocycles. The molecule has 2 aromatic carbocycles. The van der Waals surface area contributed by atoms with E-state index >= 15 is 0 Å². The van der Waals surface area contributed by atoms with Gasteiger partial charge in [-0.05, 0) is 36.6 Å². The second-order valence-electron chi connectivity index (χ2n) is 8.17. The first-order valence-corrected chi connectivity index (χ1v) is 10.1. The third-order valence-corrected chi connectivity index (χ3v) is 6.37. The lowest BCUT2D eigenvalue weighted by Crippen LogP contribution is -2.60. The van der Waals surface area contributed by atoms with Crippen molar-refractivity contribution in [2.24, 2.45) is 0 Å². The first-order chi connectivity index (χ1) is 13.9. The lowest BCUT2D eigenvalue weighted by Gasteiger charge is -2.45. The summed E-state index contributed by atoms with van der Waals surface area (Å²) >= 11 is 0. The molecule has 0 aliphatic carbocycles. The highest BCUT2D eigenvalue weighted by molar-refractivity contribution is 5.72. The maximum absolute atomic E-state index is 13.0. The van der Waals surface area contributed by atoms with Gasteiger partial charge in [-0.1, -0.05) is 42.5 Å². The number of ether oxygens (including phenoxy) is 1. The topological polar surface area (TPSA) is 53.0 Å². The molecule has 4 rings (SSSR count). The molecule has 2 aromatic rings. The maximum Gasteiger partial charge on any atom is 0.413 e. The number of aliphatic hydroxyl groups is 1. The van der Waals surface area contributed by atoms with Crippen molar-refractivity contribution in [1.29, 1.82) is 0 Å². The Morgan fingerprint density at radius 3 is 2.34 bits per heavy atom. The fourth-order valence-corrected chi connectivity index (χ4v) is 4.38. The molecule has 2 aliphatic heterocycles. The van der Waals surface area contributed by atoms with Crippen LogP contribution in [0.25, 0.3) is 0 Å². The molecule has 1 amide bonds. The molecule has 2 saturated heterocycles. The molecule has 2 fully saturated rings. The van der Waals surface area contributed by atoms with E-state index in [0.717, 1.165) is 37.2 Å². The van der Waals surface area contributed by atoms with E-state index in [1.165, 1.54) is 17.0 Å². The summed E-state index contributed by atoms with van der Waals surface area (Å²) in [6, 6.07) is 16.2. The first kappa shape index (κ1) is 19.9. The van der Waals surface area contributed by atoms with Crippen molar-refractivity contribution in [1.82, 2.24) is 9.80 Å². The van der Waals surface area contributed by atoms with Gasteiger partial charge in [0.1, 0.15) is 5.82 Å². The number of hydrogen-bond donors (Lipinski definition) is 1. The molecular formula is C23H27FN2O3. The number of hydrogen-bond acceptors (Lipinski definition) is 4. The second kappa shape index (κ2) is 7.76. The SMILES string of the molecule is CC1(O)N(Cc2ccccc2)C(=O)OC12CCN(CCc1ccc(F)cc1)CC2. The van der Waals surface area contributed by atoms with Crippen molar-refractivity contribution in [3.63, 3.8) is 0 Å². The highest BCUT2D eigenvalue weighted by Crippen LogP contribution is 2.45. The minimum absolute atomic E-state index is 0.223. The van der Waals surface area contributed by atoms with Gasteiger partial charge in [-0.2, -0.15) is 0 Å². The van der Waals surface area contributed by atoms with Gasteiger partial charge in [0.15, 0.2) is 11.3 Å². The van der Waals surface area contributed by atoms with Crippen molar-refractivity contribution in [3.05, 3.63) is 71.5 Å². The second-order valence-corrected chi connectivity index (χ2v) is 8.17. The van der Waals surface area contributed by atoms with Crippen LogP contribution < -0.4 is 0 Å². The summed E-state index contributed by atoms with van der Waals surface area (Å²) in [4.78, 5) is 16.3. The Labute approximate surface area is 170 Å². The monoisotopic (exact) mass is 398 g/mol. The zero-order chi connectivity index (χ0) is 20.5. The van der Waals surface area contributed by atoms with Crippen LogP contribution in [0.15, 0.2) is 54.6 Å². The quantitative estimate of drug-likeness (QED) is 0.837. The average molecular weight is 398 g/mol. The molecule has 2 aliphatic rings. The highest BCUT2D eigenvalue weighted by Gasteiger charge is 2.62. The molecule has 5 nitrogen and oxygen atoms in total. The number of carbonyl (C=O) groups excluding carboxylic acids is 1.